The minimum absolute atomic E-state index is 0.0935. The van der Waals surface area contributed by atoms with Crippen molar-refractivity contribution in [1.82, 2.24) is 4.31 Å². The van der Waals surface area contributed by atoms with Crippen molar-refractivity contribution in [2.45, 2.75) is 31.6 Å². The van der Waals surface area contributed by atoms with Gasteiger partial charge in [0, 0.05) is 38.4 Å². The number of aryl methyl sites for hydroxylation is 2. The summed E-state index contributed by atoms with van der Waals surface area (Å²) in [7, 11) is -0.695. The van der Waals surface area contributed by atoms with Crippen LogP contribution in [0, 0.1) is 12.8 Å². The van der Waals surface area contributed by atoms with Gasteiger partial charge in [0.25, 0.3) is 0 Å². The highest BCUT2D eigenvalue weighted by molar-refractivity contribution is 7.89. The van der Waals surface area contributed by atoms with Crippen LogP contribution in [0.3, 0.4) is 0 Å². The maximum absolute atomic E-state index is 12.9. The van der Waals surface area contributed by atoms with Gasteiger partial charge in [-0.05, 0) is 48.7 Å². The second kappa shape index (κ2) is 8.57. The fraction of sp³-hybridized carbons (Fsp3) is 0.364. The van der Waals surface area contributed by atoms with Gasteiger partial charge in [0.05, 0.1) is 10.8 Å². The minimum Gasteiger partial charge on any atom is -0.325 e. The number of hydrogen-bond donors (Lipinski definition) is 1. The van der Waals surface area contributed by atoms with E-state index < -0.39 is 15.9 Å². The van der Waals surface area contributed by atoms with E-state index in [9.17, 15) is 18.0 Å². The van der Waals surface area contributed by atoms with Crippen molar-refractivity contribution in [3.8, 4) is 0 Å². The molecule has 1 fully saturated rings. The summed E-state index contributed by atoms with van der Waals surface area (Å²) in [5, 5.41) is 2.82. The molecule has 160 valence electrons. The van der Waals surface area contributed by atoms with Gasteiger partial charge in [-0.2, -0.15) is 0 Å². The summed E-state index contributed by atoms with van der Waals surface area (Å²) in [4.78, 5) is 27.1. The zero-order valence-electron chi connectivity index (χ0n) is 17.7. The van der Waals surface area contributed by atoms with Crippen LogP contribution in [0.25, 0.3) is 0 Å². The number of carbonyl (C=O) groups excluding carboxylic acids is 2. The monoisotopic (exact) mass is 429 g/mol. The highest BCUT2D eigenvalue weighted by Crippen LogP contribution is 2.28. The Labute approximate surface area is 177 Å². The van der Waals surface area contributed by atoms with Crippen LogP contribution in [0.2, 0.25) is 0 Å². The van der Waals surface area contributed by atoms with Crippen LogP contribution in [-0.4, -0.2) is 45.2 Å². The topological polar surface area (TPSA) is 86.8 Å². The van der Waals surface area contributed by atoms with Crippen LogP contribution in [0.5, 0.6) is 0 Å². The lowest BCUT2D eigenvalue weighted by Crippen LogP contribution is -2.28. The standard InChI is InChI=1S/C22H27N3O4S/c1-5-16-7-6-8-18(11-16)25-14-17(12-21(25)26)22(27)23-20-13-19(10-9-15(20)2)30(28,29)24(3)4/h6-11,13,17H,5,12,14H2,1-4H3,(H,23,27)/t17-/m1/s1. The molecule has 0 radical (unpaired) electrons. The van der Waals surface area contributed by atoms with Crippen molar-refractivity contribution in [3.63, 3.8) is 0 Å². The third-order valence-electron chi connectivity index (χ3n) is 5.37. The second-order valence-corrected chi connectivity index (χ2v) is 9.83. The highest BCUT2D eigenvalue weighted by Gasteiger charge is 2.35. The van der Waals surface area contributed by atoms with Gasteiger partial charge in [0.2, 0.25) is 21.8 Å². The number of nitrogens with one attached hydrogen (secondary N) is 1. The molecule has 8 heteroatoms. The third kappa shape index (κ3) is 4.39. The zero-order valence-corrected chi connectivity index (χ0v) is 18.5. The molecule has 0 aromatic heterocycles. The van der Waals surface area contributed by atoms with Crippen molar-refractivity contribution in [2.75, 3.05) is 30.9 Å². The molecule has 1 atom stereocenters. The number of rotatable bonds is 6. The lowest BCUT2D eigenvalue weighted by molar-refractivity contribution is -0.122. The molecule has 1 heterocycles. The van der Waals surface area contributed by atoms with Crippen LogP contribution in [-0.2, 0) is 26.0 Å². The summed E-state index contributed by atoms with van der Waals surface area (Å²) in [6, 6.07) is 12.4. The molecule has 3 rings (SSSR count). The Morgan fingerprint density at radius 1 is 1.20 bits per heavy atom. The lowest BCUT2D eigenvalue weighted by Gasteiger charge is -2.18. The maximum atomic E-state index is 12.9. The molecule has 1 aliphatic heterocycles. The maximum Gasteiger partial charge on any atom is 0.242 e. The van der Waals surface area contributed by atoms with Gasteiger partial charge in [0.1, 0.15) is 0 Å². The first kappa shape index (κ1) is 22.0. The predicted octanol–water partition coefficient (Wildman–Crippen LogP) is 2.80. The molecule has 30 heavy (non-hydrogen) atoms. The first-order chi connectivity index (χ1) is 14.1. The molecule has 1 saturated heterocycles. The molecule has 0 aliphatic carbocycles. The summed E-state index contributed by atoms with van der Waals surface area (Å²) in [5.74, 6) is -0.889. The molecular weight excluding hydrogens is 402 g/mol. The summed E-state index contributed by atoms with van der Waals surface area (Å²) >= 11 is 0. The number of amides is 2. The van der Waals surface area contributed by atoms with E-state index in [4.69, 9.17) is 0 Å². The highest BCUT2D eigenvalue weighted by atomic mass is 32.2. The fourth-order valence-electron chi connectivity index (χ4n) is 3.42. The van der Waals surface area contributed by atoms with E-state index in [0.717, 1.165) is 27.5 Å². The minimum atomic E-state index is -3.61. The van der Waals surface area contributed by atoms with Crippen molar-refractivity contribution >= 4 is 33.2 Å². The van der Waals surface area contributed by atoms with Crippen molar-refractivity contribution in [2.24, 2.45) is 5.92 Å². The average Bonchev–Trinajstić information content (AvgIpc) is 3.11. The summed E-state index contributed by atoms with van der Waals surface area (Å²) in [5.41, 5.74) is 3.10. The molecule has 2 aromatic carbocycles. The Bertz CT molecular complexity index is 1080. The van der Waals surface area contributed by atoms with E-state index in [1.165, 1.54) is 26.2 Å². The molecule has 0 spiro atoms. The second-order valence-electron chi connectivity index (χ2n) is 7.68. The fourth-order valence-corrected chi connectivity index (χ4v) is 4.35. The van der Waals surface area contributed by atoms with Crippen LogP contribution in [0.15, 0.2) is 47.4 Å². The van der Waals surface area contributed by atoms with E-state index in [2.05, 4.69) is 5.32 Å². The SMILES string of the molecule is CCc1cccc(N2C[C@H](C(=O)Nc3cc(S(=O)(=O)N(C)C)ccc3C)CC2=O)c1. The molecule has 7 nitrogen and oxygen atoms in total. The predicted molar refractivity (Wildman–Crippen MR) is 117 cm³/mol. The molecule has 1 N–H and O–H groups in total. The van der Waals surface area contributed by atoms with Gasteiger partial charge in [-0.15, -0.1) is 0 Å². The molecule has 2 amide bonds. The summed E-state index contributed by atoms with van der Waals surface area (Å²) < 4.78 is 25.9. The van der Waals surface area contributed by atoms with E-state index in [-0.39, 0.29) is 23.1 Å². The Kier molecular flexibility index (Phi) is 6.28. The first-order valence-corrected chi connectivity index (χ1v) is 11.3. The van der Waals surface area contributed by atoms with Gasteiger partial charge >= 0.3 is 0 Å². The lowest BCUT2D eigenvalue weighted by atomic mass is 10.1. The molecule has 0 unspecified atom stereocenters. The number of anilines is 2. The number of carbonyl (C=O) groups is 2. The zero-order chi connectivity index (χ0) is 22.1. The van der Waals surface area contributed by atoms with Gasteiger partial charge < -0.3 is 10.2 Å². The number of sulfonamides is 1. The van der Waals surface area contributed by atoms with E-state index >= 15 is 0 Å². The van der Waals surface area contributed by atoms with Crippen LogP contribution in [0.4, 0.5) is 11.4 Å². The van der Waals surface area contributed by atoms with Crippen molar-refractivity contribution < 1.29 is 18.0 Å². The van der Waals surface area contributed by atoms with Gasteiger partial charge in [-0.1, -0.05) is 25.1 Å². The van der Waals surface area contributed by atoms with Crippen LogP contribution >= 0.6 is 0 Å². The molecule has 0 saturated carbocycles. The Balaban J connectivity index is 1.78. The van der Waals surface area contributed by atoms with Gasteiger partial charge in [0.15, 0.2) is 0 Å². The number of hydrogen-bond acceptors (Lipinski definition) is 4. The largest absolute Gasteiger partial charge is 0.325 e. The molecule has 0 bridgehead atoms. The first-order valence-electron chi connectivity index (χ1n) is 9.86. The summed E-state index contributed by atoms with van der Waals surface area (Å²) in [6.45, 7) is 4.14. The normalized spacial score (nSPS) is 16.9. The van der Waals surface area contributed by atoms with Gasteiger partial charge in [-0.3, -0.25) is 9.59 Å². The van der Waals surface area contributed by atoms with Crippen LogP contribution < -0.4 is 10.2 Å². The third-order valence-corrected chi connectivity index (χ3v) is 7.18. The van der Waals surface area contributed by atoms with Gasteiger partial charge in [-0.25, -0.2) is 12.7 Å². The van der Waals surface area contributed by atoms with E-state index in [1.54, 1.807) is 17.9 Å². The molecule has 2 aromatic rings. The van der Waals surface area contributed by atoms with E-state index in [1.807, 2.05) is 31.2 Å². The number of benzene rings is 2. The molecular formula is C22H27N3O4S. The Morgan fingerprint density at radius 2 is 1.93 bits per heavy atom. The van der Waals surface area contributed by atoms with Crippen LogP contribution in [0.1, 0.15) is 24.5 Å². The Morgan fingerprint density at radius 3 is 2.60 bits per heavy atom. The quantitative estimate of drug-likeness (QED) is 0.765. The smallest absolute Gasteiger partial charge is 0.242 e. The van der Waals surface area contributed by atoms with E-state index in [0.29, 0.717) is 12.2 Å². The number of nitrogens with zero attached hydrogens (tertiary/aromatic N) is 2. The van der Waals surface area contributed by atoms with Crippen molar-refractivity contribution in [3.05, 3.63) is 53.6 Å². The van der Waals surface area contributed by atoms with Crippen molar-refractivity contribution in [1.29, 1.82) is 0 Å². The Hall–Kier alpha value is -2.71. The summed E-state index contributed by atoms with van der Waals surface area (Å²) in [6.07, 6.45) is 0.988. The average molecular weight is 430 g/mol. The molecule has 1 aliphatic rings.